The van der Waals surface area contributed by atoms with E-state index in [-0.39, 0.29) is 6.04 Å². The molecule has 2 aromatic rings. The van der Waals surface area contributed by atoms with Crippen LogP contribution in [0.3, 0.4) is 0 Å². The largest absolute Gasteiger partial charge is 0.493 e. The summed E-state index contributed by atoms with van der Waals surface area (Å²) in [5.74, 6) is 1.60. The van der Waals surface area contributed by atoms with Crippen molar-refractivity contribution < 1.29 is 9.47 Å². The normalized spacial score (nSPS) is 12.5. The van der Waals surface area contributed by atoms with Crippen LogP contribution in [0, 0.1) is 0 Å². The summed E-state index contributed by atoms with van der Waals surface area (Å²) in [6.45, 7) is 4.09. The maximum Gasteiger partial charge on any atom is 0.191 e. The Balaban J connectivity index is 1.85. The molecule has 0 bridgehead atoms. The SMILES string of the molecule is CN=C(NCc1cccc(OCCCOC)c1)NC(C)c1ccc(Cl)cc1. The zero-order valence-electron chi connectivity index (χ0n) is 16.2. The molecule has 0 heterocycles. The third kappa shape index (κ3) is 7.49. The predicted molar refractivity (Wildman–Crippen MR) is 112 cm³/mol. The van der Waals surface area contributed by atoms with E-state index in [1.807, 2.05) is 42.5 Å². The van der Waals surface area contributed by atoms with Crippen molar-refractivity contribution >= 4 is 17.6 Å². The van der Waals surface area contributed by atoms with Gasteiger partial charge in [-0.15, -0.1) is 0 Å². The molecule has 1 atom stereocenters. The zero-order chi connectivity index (χ0) is 19.5. The Labute approximate surface area is 166 Å². The molecule has 27 heavy (non-hydrogen) atoms. The summed E-state index contributed by atoms with van der Waals surface area (Å²) in [6.07, 6.45) is 0.873. The lowest BCUT2D eigenvalue weighted by Gasteiger charge is -2.18. The minimum atomic E-state index is 0.115. The van der Waals surface area contributed by atoms with Gasteiger partial charge in [0.1, 0.15) is 5.75 Å². The van der Waals surface area contributed by atoms with Crippen molar-refractivity contribution in [1.29, 1.82) is 0 Å². The van der Waals surface area contributed by atoms with Crippen LogP contribution in [-0.4, -0.2) is 33.3 Å². The molecule has 0 saturated carbocycles. The monoisotopic (exact) mass is 389 g/mol. The van der Waals surface area contributed by atoms with E-state index in [9.17, 15) is 0 Å². The number of ether oxygens (including phenoxy) is 2. The van der Waals surface area contributed by atoms with Gasteiger partial charge >= 0.3 is 0 Å². The number of halogens is 1. The van der Waals surface area contributed by atoms with Crippen LogP contribution in [0.25, 0.3) is 0 Å². The molecule has 0 aliphatic rings. The Morgan fingerprint density at radius 2 is 1.93 bits per heavy atom. The Kier molecular flexibility index (Phi) is 8.95. The van der Waals surface area contributed by atoms with E-state index in [2.05, 4.69) is 28.6 Å². The number of nitrogens with zero attached hydrogens (tertiary/aromatic N) is 1. The van der Waals surface area contributed by atoms with Gasteiger partial charge < -0.3 is 20.1 Å². The third-order valence-electron chi connectivity index (χ3n) is 4.07. The maximum atomic E-state index is 5.95. The summed E-state index contributed by atoms with van der Waals surface area (Å²) in [5, 5.41) is 7.46. The molecule has 2 aromatic carbocycles. The summed E-state index contributed by atoms with van der Waals surface area (Å²) in [5.41, 5.74) is 2.27. The standard InChI is InChI=1S/C21H28ClN3O2/c1-16(18-8-10-19(22)11-9-18)25-21(23-2)24-15-17-6-4-7-20(14-17)27-13-5-12-26-3/h4,6-11,14,16H,5,12-13,15H2,1-3H3,(H2,23,24,25). The first-order valence-corrected chi connectivity index (χ1v) is 9.43. The van der Waals surface area contributed by atoms with Crippen LogP contribution in [0.2, 0.25) is 5.02 Å². The van der Waals surface area contributed by atoms with E-state index in [0.29, 0.717) is 19.8 Å². The van der Waals surface area contributed by atoms with Crippen LogP contribution >= 0.6 is 11.6 Å². The smallest absolute Gasteiger partial charge is 0.191 e. The van der Waals surface area contributed by atoms with Gasteiger partial charge in [0.15, 0.2) is 5.96 Å². The molecule has 2 rings (SSSR count). The van der Waals surface area contributed by atoms with Gasteiger partial charge in [0.25, 0.3) is 0 Å². The summed E-state index contributed by atoms with van der Waals surface area (Å²) in [4.78, 5) is 4.30. The number of nitrogens with one attached hydrogen (secondary N) is 2. The highest BCUT2D eigenvalue weighted by atomic mass is 35.5. The lowest BCUT2D eigenvalue weighted by molar-refractivity contribution is 0.172. The van der Waals surface area contributed by atoms with Crippen LogP contribution in [0.4, 0.5) is 0 Å². The quantitative estimate of drug-likeness (QED) is 0.383. The van der Waals surface area contributed by atoms with Gasteiger partial charge in [-0.1, -0.05) is 35.9 Å². The van der Waals surface area contributed by atoms with Crippen molar-refractivity contribution in [3.05, 3.63) is 64.7 Å². The van der Waals surface area contributed by atoms with Crippen molar-refractivity contribution in [2.24, 2.45) is 4.99 Å². The molecule has 2 N–H and O–H groups in total. The van der Waals surface area contributed by atoms with Crippen LogP contribution in [0.1, 0.15) is 30.5 Å². The molecule has 0 saturated heterocycles. The zero-order valence-corrected chi connectivity index (χ0v) is 16.9. The van der Waals surface area contributed by atoms with Gasteiger partial charge in [-0.3, -0.25) is 4.99 Å². The van der Waals surface area contributed by atoms with Gasteiger partial charge in [0, 0.05) is 38.8 Å². The fourth-order valence-corrected chi connectivity index (χ4v) is 2.68. The third-order valence-corrected chi connectivity index (χ3v) is 4.32. The van der Waals surface area contributed by atoms with E-state index in [4.69, 9.17) is 21.1 Å². The van der Waals surface area contributed by atoms with Crippen LogP contribution in [0.15, 0.2) is 53.5 Å². The van der Waals surface area contributed by atoms with Crippen molar-refractivity contribution in [1.82, 2.24) is 10.6 Å². The molecule has 0 aromatic heterocycles. The van der Waals surface area contributed by atoms with Gasteiger partial charge in [-0.05, 0) is 42.3 Å². The van der Waals surface area contributed by atoms with Gasteiger partial charge in [-0.25, -0.2) is 0 Å². The second-order valence-electron chi connectivity index (χ2n) is 6.19. The first kappa shape index (κ1) is 21.1. The molecule has 5 nitrogen and oxygen atoms in total. The molecule has 1 unspecified atom stereocenters. The Morgan fingerprint density at radius 3 is 2.63 bits per heavy atom. The van der Waals surface area contributed by atoms with Crippen LogP contribution in [0.5, 0.6) is 5.75 Å². The van der Waals surface area contributed by atoms with Gasteiger partial charge in [0.2, 0.25) is 0 Å². The van der Waals surface area contributed by atoms with E-state index >= 15 is 0 Å². The highest BCUT2D eigenvalue weighted by Crippen LogP contribution is 2.16. The highest BCUT2D eigenvalue weighted by molar-refractivity contribution is 6.30. The van der Waals surface area contributed by atoms with E-state index in [0.717, 1.165) is 34.3 Å². The lowest BCUT2D eigenvalue weighted by Crippen LogP contribution is -2.38. The second-order valence-corrected chi connectivity index (χ2v) is 6.62. The first-order chi connectivity index (χ1) is 13.1. The molecule has 146 valence electrons. The topological polar surface area (TPSA) is 54.9 Å². The Hall–Kier alpha value is -2.24. The van der Waals surface area contributed by atoms with Crippen molar-refractivity contribution in [2.45, 2.75) is 25.9 Å². The molecule has 0 aliphatic carbocycles. The fourth-order valence-electron chi connectivity index (χ4n) is 2.56. The number of guanidine groups is 1. The van der Waals surface area contributed by atoms with Gasteiger partial charge in [0.05, 0.1) is 12.6 Å². The summed E-state index contributed by atoms with van der Waals surface area (Å²) in [6, 6.07) is 16.0. The van der Waals surface area contributed by atoms with Crippen molar-refractivity contribution in [2.75, 3.05) is 27.4 Å². The minimum Gasteiger partial charge on any atom is -0.493 e. The Bertz CT molecular complexity index is 720. The molecular weight excluding hydrogens is 362 g/mol. The Morgan fingerprint density at radius 1 is 1.15 bits per heavy atom. The number of methoxy groups -OCH3 is 1. The molecule has 0 fully saturated rings. The van der Waals surface area contributed by atoms with Crippen LogP contribution in [-0.2, 0) is 11.3 Å². The van der Waals surface area contributed by atoms with Gasteiger partial charge in [-0.2, -0.15) is 0 Å². The number of rotatable bonds is 9. The molecule has 0 aliphatic heterocycles. The second kappa shape index (κ2) is 11.5. The minimum absolute atomic E-state index is 0.115. The van der Waals surface area contributed by atoms with Crippen LogP contribution < -0.4 is 15.4 Å². The molecule has 0 radical (unpaired) electrons. The lowest BCUT2D eigenvalue weighted by atomic mass is 10.1. The number of aliphatic imine (C=N–C) groups is 1. The summed E-state index contributed by atoms with van der Waals surface area (Å²) in [7, 11) is 3.46. The molecular formula is C21H28ClN3O2. The van der Waals surface area contributed by atoms with Crippen molar-refractivity contribution in [3.63, 3.8) is 0 Å². The summed E-state index contributed by atoms with van der Waals surface area (Å²) >= 11 is 5.95. The molecule has 0 spiro atoms. The average Bonchev–Trinajstić information content (AvgIpc) is 2.69. The average molecular weight is 390 g/mol. The fraction of sp³-hybridized carbons (Fsp3) is 0.381. The van der Waals surface area contributed by atoms with E-state index < -0.39 is 0 Å². The molecule has 6 heteroatoms. The summed E-state index contributed by atoms with van der Waals surface area (Å²) < 4.78 is 10.8. The highest BCUT2D eigenvalue weighted by Gasteiger charge is 2.08. The number of benzene rings is 2. The molecule has 0 amide bonds. The van der Waals surface area contributed by atoms with E-state index in [1.54, 1.807) is 14.2 Å². The van der Waals surface area contributed by atoms with E-state index in [1.165, 1.54) is 0 Å². The number of hydrogen-bond acceptors (Lipinski definition) is 3. The first-order valence-electron chi connectivity index (χ1n) is 9.05. The predicted octanol–water partition coefficient (Wildman–Crippen LogP) is 4.18. The number of hydrogen-bond donors (Lipinski definition) is 2. The maximum absolute atomic E-state index is 5.95. The van der Waals surface area contributed by atoms with Crippen molar-refractivity contribution in [3.8, 4) is 5.75 Å².